The van der Waals surface area contributed by atoms with E-state index in [0.29, 0.717) is 5.78 Å². The monoisotopic (exact) mass is 138 g/mol. The van der Waals surface area contributed by atoms with E-state index in [4.69, 9.17) is 0 Å². The molecule has 0 unspecified atom stereocenters. The summed E-state index contributed by atoms with van der Waals surface area (Å²) in [6.45, 7) is 0. The van der Waals surface area contributed by atoms with Crippen molar-refractivity contribution in [2.75, 3.05) is 0 Å². The van der Waals surface area contributed by atoms with Crippen molar-refractivity contribution in [1.29, 1.82) is 0 Å². The summed E-state index contributed by atoms with van der Waals surface area (Å²) < 4.78 is 0. The summed E-state index contributed by atoms with van der Waals surface area (Å²) >= 11 is 0. The molecule has 0 bridgehead atoms. The zero-order valence-electron chi connectivity index (χ0n) is 6.31. The Morgan fingerprint density at radius 3 is 2.80 bits per heavy atom. The lowest BCUT2D eigenvalue weighted by Crippen LogP contribution is -1.90. The molecule has 0 aromatic rings. The van der Waals surface area contributed by atoms with Crippen molar-refractivity contribution in [2.45, 2.75) is 38.5 Å². The average molecular weight is 138 g/mol. The Morgan fingerprint density at radius 2 is 1.90 bits per heavy atom. The van der Waals surface area contributed by atoms with Crippen molar-refractivity contribution in [3.8, 4) is 0 Å². The molecule has 1 nitrogen and oxygen atoms in total. The Balaban J connectivity index is 2.35. The second kappa shape index (κ2) is 4.26. The minimum absolute atomic E-state index is 0.307. The molecule has 10 heavy (non-hydrogen) atoms. The summed E-state index contributed by atoms with van der Waals surface area (Å²) in [7, 11) is 0. The van der Waals surface area contributed by atoms with Gasteiger partial charge in [-0.25, -0.2) is 0 Å². The molecule has 0 saturated heterocycles. The van der Waals surface area contributed by atoms with Gasteiger partial charge in [-0.3, -0.25) is 4.79 Å². The molecule has 0 spiro atoms. The van der Waals surface area contributed by atoms with Crippen molar-refractivity contribution in [1.82, 2.24) is 0 Å². The maximum Gasteiger partial charge on any atom is 0.155 e. The third-order valence-electron chi connectivity index (χ3n) is 1.85. The van der Waals surface area contributed by atoms with Crippen molar-refractivity contribution >= 4 is 5.78 Å². The van der Waals surface area contributed by atoms with Gasteiger partial charge in [0.25, 0.3) is 0 Å². The normalized spacial score (nSPS) is 24.6. The Bertz CT molecular complexity index is 136. The Kier molecular flexibility index (Phi) is 3.20. The second-order valence-corrected chi connectivity index (χ2v) is 2.82. The molecule has 1 heteroatoms. The lowest BCUT2D eigenvalue weighted by Gasteiger charge is -1.93. The van der Waals surface area contributed by atoms with E-state index in [2.05, 4.69) is 0 Å². The fraction of sp³-hybridized carbons (Fsp3) is 0.667. The Labute approximate surface area is 62.1 Å². The lowest BCUT2D eigenvalue weighted by atomic mass is 10.1. The molecule has 0 fully saturated rings. The van der Waals surface area contributed by atoms with Crippen LogP contribution in [0.4, 0.5) is 0 Å². The number of ketones is 1. The molecular formula is C9H14O. The van der Waals surface area contributed by atoms with Gasteiger partial charge in [-0.15, -0.1) is 0 Å². The van der Waals surface area contributed by atoms with Gasteiger partial charge in [0.15, 0.2) is 5.78 Å². The highest BCUT2D eigenvalue weighted by molar-refractivity contribution is 5.89. The van der Waals surface area contributed by atoms with Gasteiger partial charge in [-0.2, -0.15) is 0 Å². The summed E-state index contributed by atoms with van der Waals surface area (Å²) in [4.78, 5) is 10.9. The van der Waals surface area contributed by atoms with E-state index in [1.165, 1.54) is 19.3 Å². The van der Waals surface area contributed by atoms with E-state index in [1.54, 1.807) is 6.08 Å². The van der Waals surface area contributed by atoms with Crippen LogP contribution >= 0.6 is 0 Å². The zero-order chi connectivity index (χ0) is 7.23. The van der Waals surface area contributed by atoms with E-state index in [0.717, 1.165) is 19.3 Å². The van der Waals surface area contributed by atoms with Gasteiger partial charge in [0.1, 0.15) is 0 Å². The maximum absolute atomic E-state index is 10.9. The third-order valence-corrected chi connectivity index (χ3v) is 1.85. The van der Waals surface area contributed by atoms with Crippen LogP contribution in [0.25, 0.3) is 0 Å². The van der Waals surface area contributed by atoms with Crippen molar-refractivity contribution in [3.63, 3.8) is 0 Å². The molecule has 0 amide bonds. The van der Waals surface area contributed by atoms with Crippen molar-refractivity contribution in [2.24, 2.45) is 0 Å². The van der Waals surface area contributed by atoms with Gasteiger partial charge in [-0.1, -0.05) is 18.9 Å². The molecule has 56 valence electrons. The minimum atomic E-state index is 0.307. The van der Waals surface area contributed by atoms with Gasteiger partial charge in [0, 0.05) is 6.42 Å². The largest absolute Gasteiger partial charge is 0.295 e. The zero-order valence-corrected chi connectivity index (χ0v) is 6.31. The van der Waals surface area contributed by atoms with Crippen LogP contribution in [0.1, 0.15) is 38.5 Å². The van der Waals surface area contributed by atoms with Crippen molar-refractivity contribution < 1.29 is 4.79 Å². The molecule has 0 aliphatic heterocycles. The highest BCUT2D eigenvalue weighted by Crippen LogP contribution is 2.09. The summed E-state index contributed by atoms with van der Waals surface area (Å²) in [5, 5.41) is 0. The second-order valence-electron chi connectivity index (χ2n) is 2.82. The summed E-state index contributed by atoms with van der Waals surface area (Å²) in [5.41, 5.74) is 0. The smallest absolute Gasteiger partial charge is 0.155 e. The topological polar surface area (TPSA) is 17.1 Å². The first-order valence-electron chi connectivity index (χ1n) is 4.09. The number of hydrogen-bond acceptors (Lipinski definition) is 1. The van der Waals surface area contributed by atoms with Gasteiger partial charge >= 0.3 is 0 Å². The highest BCUT2D eigenvalue weighted by Gasteiger charge is 1.98. The van der Waals surface area contributed by atoms with Crippen LogP contribution in [-0.2, 0) is 4.79 Å². The summed E-state index contributed by atoms with van der Waals surface area (Å²) in [6, 6.07) is 0. The number of hydrogen-bond donors (Lipinski definition) is 0. The summed E-state index contributed by atoms with van der Waals surface area (Å²) in [6.07, 6.45) is 10.5. The molecule has 0 heterocycles. The predicted octanol–water partition coefficient (Wildman–Crippen LogP) is 2.47. The minimum Gasteiger partial charge on any atom is -0.295 e. The van der Waals surface area contributed by atoms with E-state index in [9.17, 15) is 4.79 Å². The molecule has 0 atom stereocenters. The van der Waals surface area contributed by atoms with Crippen LogP contribution in [0.3, 0.4) is 0 Å². The average Bonchev–Trinajstić information content (AvgIpc) is 2.02. The molecule has 1 aliphatic rings. The molecule has 0 N–H and O–H groups in total. The van der Waals surface area contributed by atoms with Gasteiger partial charge in [-0.05, 0) is 25.3 Å². The predicted molar refractivity (Wildman–Crippen MR) is 41.8 cm³/mol. The van der Waals surface area contributed by atoms with E-state index >= 15 is 0 Å². The van der Waals surface area contributed by atoms with Crippen LogP contribution in [0.15, 0.2) is 12.2 Å². The fourth-order valence-electron chi connectivity index (χ4n) is 1.21. The number of rotatable bonds is 0. The van der Waals surface area contributed by atoms with Crippen LogP contribution in [0.2, 0.25) is 0 Å². The molecule has 0 saturated carbocycles. The summed E-state index contributed by atoms with van der Waals surface area (Å²) in [5.74, 6) is 0.307. The number of carbonyl (C=O) groups excluding carboxylic acids is 1. The third kappa shape index (κ3) is 2.81. The van der Waals surface area contributed by atoms with Gasteiger partial charge < -0.3 is 0 Å². The molecule has 0 aromatic carbocycles. The Morgan fingerprint density at radius 1 is 1.10 bits per heavy atom. The van der Waals surface area contributed by atoms with E-state index in [-0.39, 0.29) is 0 Å². The fourth-order valence-corrected chi connectivity index (χ4v) is 1.21. The first kappa shape index (κ1) is 7.52. The molecule has 0 radical (unpaired) electrons. The molecule has 0 aromatic heterocycles. The van der Waals surface area contributed by atoms with Gasteiger partial charge in [0.05, 0.1) is 0 Å². The SMILES string of the molecule is O=C1/C=C\CCCCCC1. The highest BCUT2D eigenvalue weighted by atomic mass is 16.1. The molecule has 1 rings (SSSR count). The van der Waals surface area contributed by atoms with Crippen molar-refractivity contribution in [3.05, 3.63) is 12.2 Å². The molecule has 1 aliphatic carbocycles. The van der Waals surface area contributed by atoms with Crippen LogP contribution in [0, 0.1) is 0 Å². The lowest BCUT2D eigenvalue weighted by molar-refractivity contribution is -0.114. The maximum atomic E-state index is 10.9. The Hall–Kier alpha value is -0.590. The van der Waals surface area contributed by atoms with Crippen LogP contribution in [-0.4, -0.2) is 5.78 Å². The number of allylic oxidation sites excluding steroid dienone is 2. The number of carbonyl (C=O) groups is 1. The quantitative estimate of drug-likeness (QED) is 0.502. The van der Waals surface area contributed by atoms with E-state index in [1.807, 2.05) is 6.08 Å². The van der Waals surface area contributed by atoms with Crippen LogP contribution in [0.5, 0.6) is 0 Å². The molecular weight excluding hydrogens is 124 g/mol. The van der Waals surface area contributed by atoms with Crippen LogP contribution < -0.4 is 0 Å². The van der Waals surface area contributed by atoms with E-state index < -0.39 is 0 Å². The van der Waals surface area contributed by atoms with Gasteiger partial charge in [0.2, 0.25) is 0 Å². The first-order chi connectivity index (χ1) is 4.89. The standard InChI is InChI=1S/C9H14O/c10-9-7-5-3-1-2-4-6-8-9/h5,7H,1-4,6,8H2/b7-5-. The first-order valence-corrected chi connectivity index (χ1v) is 4.09.